The van der Waals surface area contributed by atoms with Gasteiger partial charge < -0.3 is 19.2 Å². The van der Waals surface area contributed by atoms with Crippen molar-refractivity contribution in [3.05, 3.63) is 66.4 Å². The number of carbonyl (C=O) groups is 1. The summed E-state index contributed by atoms with van der Waals surface area (Å²) in [6.45, 7) is 1.96. The predicted octanol–water partition coefficient (Wildman–Crippen LogP) is 4.58. The molecule has 0 fully saturated rings. The van der Waals surface area contributed by atoms with Crippen molar-refractivity contribution in [2.75, 3.05) is 25.3 Å². The van der Waals surface area contributed by atoms with E-state index in [1.54, 1.807) is 26.5 Å². The number of aryl methyl sites for hydroxylation is 1. The summed E-state index contributed by atoms with van der Waals surface area (Å²) >= 11 is 1.28. The molecule has 164 valence electrons. The number of hydrogen-bond acceptors (Lipinski definition) is 7. The first-order chi connectivity index (χ1) is 15.6. The number of amides is 1. The molecule has 2 aromatic carbocycles. The smallest absolute Gasteiger partial charge is 0.234 e. The summed E-state index contributed by atoms with van der Waals surface area (Å²) in [5.74, 6) is 2.43. The molecule has 4 aromatic rings. The second kappa shape index (κ2) is 9.61. The van der Waals surface area contributed by atoms with Gasteiger partial charge in [-0.3, -0.25) is 9.36 Å². The lowest BCUT2D eigenvalue weighted by molar-refractivity contribution is -0.113. The Morgan fingerprint density at radius 3 is 2.59 bits per heavy atom. The van der Waals surface area contributed by atoms with Gasteiger partial charge in [-0.05, 0) is 61.0 Å². The van der Waals surface area contributed by atoms with Crippen LogP contribution < -0.4 is 14.8 Å². The first-order valence-corrected chi connectivity index (χ1v) is 10.8. The zero-order chi connectivity index (χ0) is 22.5. The number of methoxy groups -OCH3 is 2. The number of furan rings is 1. The summed E-state index contributed by atoms with van der Waals surface area (Å²) in [6.07, 6.45) is 1.58. The highest BCUT2D eigenvalue weighted by Crippen LogP contribution is 2.30. The van der Waals surface area contributed by atoms with Gasteiger partial charge in [-0.25, -0.2) is 0 Å². The Morgan fingerprint density at radius 1 is 1.09 bits per heavy atom. The molecule has 0 radical (unpaired) electrons. The van der Waals surface area contributed by atoms with Crippen LogP contribution >= 0.6 is 11.8 Å². The maximum atomic E-state index is 12.7. The molecule has 32 heavy (non-hydrogen) atoms. The van der Waals surface area contributed by atoms with Gasteiger partial charge in [0.1, 0.15) is 11.5 Å². The van der Waals surface area contributed by atoms with E-state index in [2.05, 4.69) is 15.5 Å². The Hall–Kier alpha value is -3.72. The van der Waals surface area contributed by atoms with Crippen LogP contribution in [0.15, 0.2) is 70.4 Å². The minimum Gasteiger partial charge on any atom is -0.497 e. The van der Waals surface area contributed by atoms with Gasteiger partial charge in [0.2, 0.25) is 11.7 Å². The molecule has 1 amide bonds. The summed E-state index contributed by atoms with van der Waals surface area (Å²) < 4.78 is 18.0. The molecule has 2 heterocycles. The van der Waals surface area contributed by atoms with Crippen molar-refractivity contribution in [3.63, 3.8) is 0 Å². The summed E-state index contributed by atoms with van der Waals surface area (Å²) in [6, 6.07) is 16.7. The monoisotopic (exact) mass is 450 g/mol. The number of hydrogen-bond donors (Lipinski definition) is 1. The maximum Gasteiger partial charge on any atom is 0.234 e. The van der Waals surface area contributed by atoms with Gasteiger partial charge in [0.05, 0.1) is 37.6 Å². The topological polar surface area (TPSA) is 91.4 Å². The van der Waals surface area contributed by atoms with Crippen LogP contribution in [-0.2, 0) is 4.79 Å². The highest BCUT2D eigenvalue weighted by Gasteiger charge is 2.19. The third-order valence-corrected chi connectivity index (χ3v) is 5.60. The van der Waals surface area contributed by atoms with Crippen molar-refractivity contribution in [1.29, 1.82) is 0 Å². The normalized spacial score (nSPS) is 10.7. The molecule has 0 saturated heterocycles. The number of rotatable bonds is 8. The molecule has 0 aliphatic heterocycles. The highest BCUT2D eigenvalue weighted by atomic mass is 32.2. The van der Waals surface area contributed by atoms with Crippen molar-refractivity contribution < 1.29 is 18.7 Å². The van der Waals surface area contributed by atoms with E-state index in [9.17, 15) is 4.79 Å². The first-order valence-electron chi connectivity index (χ1n) is 9.80. The van der Waals surface area contributed by atoms with Crippen molar-refractivity contribution in [2.45, 2.75) is 12.1 Å². The van der Waals surface area contributed by atoms with Crippen LogP contribution in [-0.4, -0.2) is 40.6 Å². The van der Waals surface area contributed by atoms with Crippen LogP contribution in [0.5, 0.6) is 11.5 Å². The lowest BCUT2D eigenvalue weighted by Gasteiger charge is -2.12. The van der Waals surface area contributed by atoms with Crippen LogP contribution in [0.4, 0.5) is 5.69 Å². The van der Waals surface area contributed by atoms with Crippen LogP contribution in [0, 0.1) is 6.92 Å². The van der Waals surface area contributed by atoms with E-state index >= 15 is 0 Å². The van der Waals surface area contributed by atoms with E-state index in [1.807, 2.05) is 60.0 Å². The average molecular weight is 451 g/mol. The molecule has 0 unspecified atom stereocenters. The highest BCUT2D eigenvalue weighted by molar-refractivity contribution is 7.99. The van der Waals surface area contributed by atoms with Gasteiger partial charge in [-0.2, -0.15) is 0 Å². The fraction of sp³-hybridized carbons (Fsp3) is 0.174. The van der Waals surface area contributed by atoms with Gasteiger partial charge in [0, 0.05) is 0 Å². The summed E-state index contributed by atoms with van der Waals surface area (Å²) in [5, 5.41) is 12.1. The molecule has 0 aliphatic rings. The largest absolute Gasteiger partial charge is 0.497 e. The van der Waals surface area contributed by atoms with Crippen LogP contribution in [0.2, 0.25) is 0 Å². The summed E-state index contributed by atoms with van der Waals surface area (Å²) in [7, 11) is 3.19. The number of nitrogens with one attached hydrogen (secondary N) is 1. The lowest BCUT2D eigenvalue weighted by Crippen LogP contribution is -2.15. The quantitative estimate of drug-likeness (QED) is 0.393. The van der Waals surface area contributed by atoms with Gasteiger partial charge in [-0.15, -0.1) is 10.2 Å². The standard InChI is InChI=1S/C23H22N4O4S/c1-15-6-11-19(30-3)18(13-15)24-21(28)14-32-23-26-25-22(20-5-4-12-31-20)27(23)16-7-9-17(29-2)10-8-16/h4-13H,14H2,1-3H3,(H,24,28). The first kappa shape index (κ1) is 21.5. The van der Waals surface area contributed by atoms with Crippen molar-refractivity contribution in [1.82, 2.24) is 14.8 Å². The molecule has 0 atom stereocenters. The third kappa shape index (κ3) is 4.62. The van der Waals surface area contributed by atoms with E-state index < -0.39 is 0 Å². The number of aromatic nitrogens is 3. The zero-order valence-electron chi connectivity index (χ0n) is 17.9. The molecular formula is C23H22N4O4S. The van der Waals surface area contributed by atoms with E-state index in [4.69, 9.17) is 13.9 Å². The fourth-order valence-electron chi connectivity index (χ4n) is 3.13. The van der Waals surface area contributed by atoms with E-state index in [0.717, 1.165) is 17.0 Å². The predicted molar refractivity (Wildman–Crippen MR) is 123 cm³/mol. The Bertz CT molecular complexity index is 1200. The minimum absolute atomic E-state index is 0.142. The second-order valence-corrected chi connectivity index (χ2v) is 7.80. The molecule has 0 spiro atoms. The zero-order valence-corrected chi connectivity index (χ0v) is 18.7. The number of carbonyl (C=O) groups excluding carboxylic acids is 1. The van der Waals surface area contributed by atoms with Gasteiger partial charge in [0.25, 0.3) is 0 Å². The number of anilines is 1. The SMILES string of the molecule is COc1ccc(-n2c(SCC(=O)Nc3cc(C)ccc3OC)nnc2-c2ccco2)cc1. The van der Waals surface area contributed by atoms with Crippen molar-refractivity contribution in [3.8, 4) is 28.8 Å². The van der Waals surface area contributed by atoms with Crippen LogP contribution in [0.1, 0.15) is 5.56 Å². The molecule has 4 rings (SSSR count). The molecular weight excluding hydrogens is 428 g/mol. The fourth-order valence-corrected chi connectivity index (χ4v) is 3.88. The number of benzene rings is 2. The van der Waals surface area contributed by atoms with Gasteiger partial charge in [-0.1, -0.05) is 17.8 Å². The third-order valence-electron chi connectivity index (χ3n) is 4.67. The molecule has 8 nitrogen and oxygen atoms in total. The Labute approximate surface area is 189 Å². The Kier molecular flexibility index (Phi) is 6.46. The van der Waals surface area contributed by atoms with E-state index in [0.29, 0.717) is 28.2 Å². The van der Waals surface area contributed by atoms with Gasteiger partial charge >= 0.3 is 0 Å². The van der Waals surface area contributed by atoms with Crippen LogP contribution in [0.3, 0.4) is 0 Å². The maximum absolute atomic E-state index is 12.7. The molecule has 1 N–H and O–H groups in total. The molecule has 0 bridgehead atoms. The molecule has 0 aliphatic carbocycles. The Morgan fingerprint density at radius 2 is 1.91 bits per heavy atom. The molecule has 0 saturated carbocycles. The number of thioether (sulfide) groups is 1. The van der Waals surface area contributed by atoms with Crippen LogP contribution in [0.25, 0.3) is 17.3 Å². The van der Waals surface area contributed by atoms with Crippen molar-refractivity contribution in [2.24, 2.45) is 0 Å². The lowest BCUT2D eigenvalue weighted by atomic mass is 10.2. The summed E-state index contributed by atoms with van der Waals surface area (Å²) in [5.41, 5.74) is 2.48. The minimum atomic E-state index is -0.178. The van der Waals surface area contributed by atoms with Crippen molar-refractivity contribution >= 4 is 23.4 Å². The summed E-state index contributed by atoms with van der Waals surface area (Å²) in [4.78, 5) is 12.7. The number of nitrogens with zero attached hydrogens (tertiary/aromatic N) is 3. The number of ether oxygens (including phenoxy) is 2. The van der Waals surface area contributed by atoms with E-state index in [-0.39, 0.29) is 11.7 Å². The average Bonchev–Trinajstić information content (AvgIpc) is 3.48. The van der Waals surface area contributed by atoms with E-state index in [1.165, 1.54) is 11.8 Å². The molecule has 2 aromatic heterocycles. The molecule has 9 heteroatoms. The second-order valence-electron chi connectivity index (χ2n) is 6.86. The Balaban J connectivity index is 1.57. The van der Waals surface area contributed by atoms with Gasteiger partial charge in [0.15, 0.2) is 10.9 Å².